The first-order chi connectivity index (χ1) is 10.7. The molecule has 1 saturated heterocycles. The van der Waals surface area contributed by atoms with Crippen LogP contribution in [0.1, 0.15) is 12.8 Å². The second kappa shape index (κ2) is 6.86. The molecular formula is C14H15F3N2O4. The van der Waals surface area contributed by atoms with Crippen LogP contribution in [0.15, 0.2) is 24.3 Å². The lowest BCUT2D eigenvalue weighted by atomic mass is 10.2. The number of rotatable bonds is 5. The number of carboxylic acid groups (broad SMARTS) is 1. The molecule has 1 aromatic rings. The summed E-state index contributed by atoms with van der Waals surface area (Å²) < 4.78 is 39.8. The molecule has 0 bridgehead atoms. The number of nitrogens with one attached hydrogen (secondary N) is 1. The quantitative estimate of drug-likeness (QED) is 0.863. The zero-order valence-electron chi connectivity index (χ0n) is 12.0. The van der Waals surface area contributed by atoms with E-state index in [0.717, 1.165) is 12.1 Å². The minimum Gasteiger partial charge on any atom is -0.480 e. The number of carboxylic acids is 1. The Bertz CT molecular complexity index is 574. The highest BCUT2D eigenvalue weighted by atomic mass is 19.4. The van der Waals surface area contributed by atoms with Gasteiger partial charge in [0.15, 0.2) is 0 Å². The number of carbonyl (C=O) groups is 2. The van der Waals surface area contributed by atoms with Gasteiger partial charge in [-0.1, -0.05) is 0 Å². The smallest absolute Gasteiger partial charge is 0.480 e. The minimum atomic E-state index is -4.77. The fraction of sp³-hybridized carbons (Fsp3) is 0.429. The van der Waals surface area contributed by atoms with E-state index in [1.54, 1.807) is 4.90 Å². The Kier molecular flexibility index (Phi) is 5.09. The fourth-order valence-corrected chi connectivity index (χ4v) is 2.42. The number of anilines is 1. The largest absolute Gasteiger partial charge is 0.573 e. The number of hydrogen-bond acceptors (Lipinski definition) is 4. The van der Waals surface area contributed by atoms with Crippen LogP contribution in [0.4, 0.5) is 18.9 Å². The molecule has 1 amide bonds. The SMILES string of the molecule is O=C(CN1CCCC1C(=O)O)Nc1ccc(OC(F)(F)F)cc1. The van der Waals surface area contributed by atoms with Crippen molar-refractivity contribution in [1.29, 1.82) is 0 Å². The lowest BCUT2D eigenvalue weighted by Crippen LogP contribution is -2.40. The first kappa shape index (κ1) is 17.1. The molecule has 0 aromatic heterocycles. The van der Waals surface area contributed by atoms with Crippen LogP contribution in [0.5, 0.6) is 5.75 Å². The van der Waals surface area contributed by atoms with Gasteiger partial charge < -0.3 is 15.2 Å². The van der Waals surface area contributed by atoms with Crippen LogP contribution in [-0.4, -0.2) is 47.4 Å². The molecule has 1 fully saturated rings. The van der Waals surface area contributed by atoms with Gasteiger partial charge in [-0.05, 0) is 43.7 Å². The summed E-state index contributed by atoms with van der Waals surface area (Å²) in [5.41, 5.74) is 0.301. The van der Waals surface area contributed by atoms with Gasteiger partial charge in [-0.3, -0.25) is 14.5 Å². The number of hydrogen-bond donors (Lipinski definition) is 2. The van der Waals surface area contributed by atoms with Crippen molar-refractivity contribution in [1.82, 2.24) is 4.90 Å². The molecule has 0 saturated carbocycles. The predicted molar refractivity (Wildman–Crippen MR) is 74.0 cm³/mol. The highest BCUT2D eigenvalue weighted by molar-refractivity contribution is 5.92. The van der Waals surface area contributed by atoms with Crippen molar-refractivity contribution in [2.45, 2.75) is 25.2 Å². The summed E-state index contributed by atoms with van der Waals surface area (Å²) in [6, 6.07) is 4.04. The van der Waals surface area contributed by atoms with E-state index in [1.807, 2.05) is 0 Å². The van der Waals surface area contributed by atoms with Gasteiger partial charge in [0.1, 0.15) is 11.8 Å². The third-order valence-electron chi connectivity index (χ3n) is 3.37. The Hall–Kier alpha value is -2.29. The Labute approximate surface area is 129 Å². The number of carbonyl (C=O) groups excluding carboxylic acids is 1. The van der Waals surface area contributed by atoms with Crippen molar-refractivity contribution in [3.05, 3.63) is 24.3 Å². The van der Waals surface area contributed by atoms with Crippen LogP contribution in [-0.2, 0) is 9.59 Å². The van der Waals surface area contributed by atoms with E-state index in [0.29, 0.717) is 25.1 Å². The molecule has 2 N–H and O–H groups in total. The van der Waals surface area contributed by atoms with Gasteiger partial charge >= 0.3 is 12.3 Å². The van der Waals surface area contributed by atoms with Crippen molar-refractivity contribution in [3.8, 4) is 5.75 Å². The topological polar surface area (TPSA) is 78.9 Å². The van der Waals surface area contributed by atoms with Gasteiger partial charge in [0.05, 0.1) is 6.54 Å². The number of amides is 1. The van der Waals surface area contributed by atoms with Crippen molar-refractivity contribution in [2.75, 3.05) is 18.4 Å². The summed E-state index contributed by atoms with van der Waals surface area (Å²) >= 11 is 0. The number of ether oxygens (including phenoxy) is 1. The van der Waals surface area contributed by atoms with Crippen molar-refractivity contribution >= 4 is 17.6 Å². The maximum atomic E-state index is 12.0. The number of nitrogens with zero attached hydrogens (tertiary/aromatic N) is 1. The van der Waals surface area contributed by atoms with Gasteiger partial charge in [0.25, 0.3) is 0 Å². The molecule has 0 aliphatic carbocycles. The number of benzene rings is 1. The van der Waals surface area contributed by atoms with E-state index in [4.69, 9.17) is 5.11 Å². The summed E-state index contributed by atoms with van der Waals surface area (Å²) in [5.74, 6) is -1.78. The van der Waals surface area contributed by atoms with Gasteiger partial charge in [-0.25, -0.2) is 0 Å². The van der Waals surface area contributed by atoms with Crippen molar-refractivity contribution in [3.63, 3.8) is 0 Å². The summed E-state index contributed by atoms with van der Waals surface area (Å²) in [5, 5.41) is 11.5. The van der Waals surface area contributed by atoms with Crippen LogP contribution in [0.2, 0.25) is 0 Å². The molecule has 0 radical (unpaired) electrons. The fourth-order valence-electron chi connectivity index (χ4n) is 2.42. The summed E-state index contributed by atoms with van der Waals surface area (Å²) in [6.45, 7) is 0.431. The summed E-state index contributed by atoms with van der Waals surface area (Å²) in [4.78, 5) is 24.5. The molecule has 1 unspecified atom stereocenters. The average Bonchev–Trinajstić information content (AvgIpc) is 2.87. The standard InChI is InChI=1S/C14H15F3N2O4/c15-14(16,17)23-10-5-3-9(4-6-10)18-12(20)8-19-7-1-2-11(19)13(21)22/h3-6,11H,1-2,7-8H2,(H,18,20)(H,21,22). The van der Waals surface area contributed by atoms with Crippen molar-refractivity contribution in [2.24, 2.45) is 0 Å². The Morgan fingerprint density at radius 1 is 1.30 bits per heavy atom. The van der Waals surface area contributed by atoms with Crippen molar-refractivity contribution < 1.29 is 32.6 Å². The van der Waals surface area contributed by atoms with E-state index in [1.165, 1.54) is 12.1 Å². The minimum absolute atomic E-state index is 0.0855. The van der Waals surface area contributed by atoms with Crippen LogP contribution in [0.25, 0.3) is 0 Å². The average molecular weight is 332 g/mol. The molecular weight excluding hydrogens is 317 g/mol. The van der Waals surface area contributed by atoms with E-state index < -0.39 is 24.3 Å². The normalized spacial score (nSPS) is 18.7. The maximum absolute atomic E-state index is 12.0. The Morgan fingerprint density at radius 3 is 2.52 bits per heavy atom. The molecule has 1 heterocycles. The van der Waals surface area contributed by atoms with Gasteiger partial charge in [0.2, 0.25) is 5.91 Å². The zero-order chi connectivity index (χ0) is 17.0. The number of aliphatic carboxylic acids is 1. The summed E-state index contributed by atoms with van der Waals surface area (Å²) in [6.07, 6.45) is -3.58. The highest BCUT2D eigenvalue weighted by Gasteiger charge is 2.32. The van der Waals surface area contributed by atoms with Gasteiger partial charge in [-0.15, -0.1) is 13.2 Å². The first-order valence-corrected chi connectivity index (χ1v) is 6.87. The predicted octanol–water partition coefficient (Wildman–Crippen LogP) is 2.07. The van der Waals surface area contributed by atoms with E-state index in [2.05, 4.69) is 10.1 Å². The zero-order valence-corrected chi connectivity index (χ0v) is 12.0. The third-order valence-corrected chi connectivity index (χ3v) is 3.37. The molecule has 1 atom stereocenters. The second-order valence-electron chi connectivity index (χ2n) is 5.09. The molecule has 23 heavy (non-hydrogen) atoms. The van der Waals surface area contributed by atoms with Crippen LogP contribution < -0.4 is 10.1 Å². The molecule has 6 nitrogen and oxygen atoms in total. The van der Waals surface area contributed by atoms with E-state index in [9.17, 15) is 22.8 Å². The molecule has 1 aliphatic heterocycles. The lowest BCUT2D eigenvalue weighted by Gasteiger charge is -2.20. The van der Waals surface area contributed by atoms with E-state index in [-0.39, 0.29) is 12.3 Å². The second-order valence-corrected chi connectivity index (χ2v) is 5.09. The molecule has 2 rings (SSSR count). The van der Waals surface area contributed by atoms with Crippen LogP contribution in [0, 0.1) is 0 Å². The molecule has 9 heteroatoms. The van der Waals surface area contributed by atoms with Crippen LogP contribution in [0.3, 0.4) is 0 Å². The molecule has 126 valence electrons. The Balaban J connectivity index is 1.89. The highest BCUT2D eigenvalue weighted by Crippen LogP contribution is 2.24. The third kappa shape index (κ3) is 5.13. The van der Waals surface area contributed by atoms with Gasteiger partial charge in [0, 0.05) is 5.69 Å². The number of likely N-dealkylation sites (tertiary alicyclic amines) is 1. The van der Waals surface area contributed by atoms with Crippen LogP contribution >= 0.6 is 0 Å². The lowest BCUT2D eigenvalue weighted by molar-refractivity contribution is -0.274. The Morgan fingerprint density at radius 2 is 1.96 bits per heavy atom. The first-order valence-electron chi connectivity index (χ1n) is 6.87. The molecule has 1 aromatic carbocycles. The maximum Gasteiger partial charge on any atom is 0.573 e. The van der Waals surface area contributed by atoms with Gasteiger partial charge in [-0.2, -0.15) is 0 Å². The number of alkyl halides is 3. The summed E-state index contributed by atoms with van der Waals surface area (Å²) in [7, 11) is 0. The number of halogens is 3. The van der Waals surface area contributed by atoms with E-state index >= 15 is 0 Å². The molecule has 1 aliphatic rings. The monoisotopic (exact) mass is 332 g/mol. The molecule has 0 spiro atoms.